The molecule has 12 nitrogen and oxygen atoms in total. The molecule has 0 aliphatic carbocycles. The van der Waals surface area contributed by atoms with Crippen LogP contribution in [0.1, 0.15) is 51.3 Å². The van der Waals surface area contributed by atoms with Gasteiger partial charge in [-0.2, -0.15) is 10.2 Å². The Morgan fingerprint density at radius 1 is 1.17 bits per heavy atom. The van der Waals surface area contributed by atoms with Crippen LogP contribution in [0.5, 0.6) is 5.75 Å². The molecule has 224 valence electrons. The van der Waals surface area contributed by atoms with E-state index < -0.39 is 47.8 Å². The highest BCUT2D eigenvalue weighted by Crippen LogP contribution is 2.34. The standard InChI is InChI=1S/C28H32FN5O7S/c1-15(2)11-21(36)28(4,5)33-24(38)23-16(3)25(34-30-9-10-31-34)42-26(23)32(27(33)39)13-20(41-22(37)14-35)18-12-17(29)7-8-19(18)40-6/h7-10,12,15,20,35H,11,13-14H2,1-6H3/t20-/m0/s1. The maximum atomic E-state index is 14.4. The minimum absolute atomic E-state index is 0.0264. The largest absolute Gasteiger partial charge is 0.496 e. The van der Waals surface area contributed by atoms with Crippen molar-refractivity contribution in [2.75, 3.05) is 13.7 Å². The van der Waals surface area contributed by atoms with Crippen LogP contribution >= 0.6 is 11.3 Å². The number of aliphatic hydroxyl groups excluding tert-OH is 1. The molecule has 0 saturated carbocycles. The number of Topliss-reactive ketones (excluding diaryl/α,β-unsaturated/α-hetero) is 1. The Balaban J connectivity index is 2.06. The van der Waals surface area contributed by atoms with Crippen LogP contribution in [0.4, 0.5) is 4.39 Å². The number of halogens is 1. The summed E-state index contributed by atoms with van der Waals surface area (Å²) in [5, 5.41) is 18.3. The summed E-state index contributed by atoms with van der Waals surface area (Å²) < 4.78 is 27.4. The molecular formula is C28H32FN5O7S. The Kier molecular flexibility index (Phi) is 8.78. The molecule has 0 aliphatic rings. The van der Waals surface area contributed by atoms with Crippen LogP contribution in [0.25, 0.3) is 15.2 Å². The number of methoxy groups -OCH3 is 1. The molecule has 0 bridgehead atoms. The molecule has 0 radical (unpaired) electrons. The topological polar surface area (TPSA) is 148 Å². The lowest BCUT2D eigenvalue weighted by atomic mass is 9.91. The van der Waals surface area contributed by atoms with Crippen LogP contribution in [0.15, 0.2) is 40.2 Å². The Morgan fingerprint density at radius 3 is 2.43 bits per heavy atom. The van der Waals surface area contributed by atoms with Gasteiger partial charge in [0.25, 0.3) is 5.56 Å². The minimum Gasteiger partial charge on any atom is -0.496 e. The van der Waals surface area contributed by atoms with Gasteiger partial charge in [-0.05, 0) is 44.9 Å². The number of ketones is 1. The maximum absolute atomic E-state index is 14.4. The highest BCUT2D eigenvalue weighted by atomic mass is 32.1. The van der Waals surface area contributed by atoms with E-state index in [2.05, 4.69) is 10.2 Å². The molecule has 14 heteroatoms. The quantitative estimate of drug-likeness (QED) is 0.256. The average molecular weight is 602 g/mol. The molecule has 0 saturated heterocycles. The van der Waals surface area contributed by atoms with E-state index in [0.29, 0.717) is 10.6 Å². The van der Waals surface area contributed by atoms with Gasteiger partial charge < -0.3 is 14.6 Å². The summed E-state index contributed by atoms with van der Waals surface area (Å²) in [5.41, 5.74) is -2.49. The zero-order valence-corrected chi connectivity index (χ0v) is 24.9. The van der Waals surface area contributed by atoms with E-state index in [0.717, 1.165) is 28.0 Å². The number of nitrogens with zero attached hydrogens (tertiary/aromatic N) is 5. The fourth-order valence-electron chi connectivity index (χ4n) is 4.76. The molecule has 4 aromatic rings. The van der Waals surface area contributed by atoms with Gasteiger partial charge in [0.05, 0.1) is 31.4 Å². The van der Waals surface area contributed by atoms with Crippen molar-refractivity contribution in [3.05, 3.63) is 68.4 Å². The van der Waals surface area contributed by atoms with E-state index in [1.807, 2.05) is 13.8 Å². The molecular weight excluding hydrogens is 569 g/mol. The van der Waals surface area contributed by atoms with Crippen molar-refractivity contribution >= 4 is 33.3 Å². The zero-order valence-electron chi connectivity index (χ0n) is 24.1. The monoisotopic (exact) mass is 601 g/mol. The molecule has 42 heavy (non-hydrogen) atoms. The lowest BCUT2D eigenvalue weighted by molar-refractivity contribution is -0.153. The van der Waals surface area contributed by atoms with Gasteiger partial charge in [0.1, 0.15) is 39.6 Å². The number of hydrogen-bond acceptors (Lipinski definition) is 10. The summed E-state index contributed by atoms with van der Waals surface area (Å²) >= 11 is 1.06. The lowest BCUT2D eigenvalue weighted by Gasteiger charge is -2.28. The number of fused-ring (bicyclic) bond motifs is 1. The van der Waals surface area contributed by atoms with Crippen LogP contribution in [0.2, 0.25) is 0 Å². The number of aromatic nitrogens is 5. The molecule has 1 aromatic carbocycles. The van der Waals surface area contributed by atoms with E-state index in [4.69, 9.17) is 9.47 Å². The number of hydrogen-bond donors (Lipinski definition) is 1. The van der Waals surface area contributed by atoms with Crippen LogP contribution in [-0.2, 0) is 26.4 Å². The number of ether oxygens (including phenoxy) is 2. The van der Waals surface area contributed by atoms with Crippen molar-refractivity contribution < 1.29 is 28.6 Å². The van der Waals surface area contributed by atoms with Gasteiger partial charge in [-0.25, -0.2) is 18.5 Å². The van der Waals surface area contributed by atoms with Gasteiger partial charge in [0.2, 0.25) is 0 Å². The first kappa shape index (κ1) is 30.8. The smallest absolute Gasteiger partial charge is 0.333 e. The van der Waals surface area contributed by atoms with Crippen molar-refractivity contribution in [1.29, 1.82) is 0 Å². The van der Waals surface area contributed by atoms with E-state index in [9.17, 15) is 28.7 Å². The third-order valence-corrected chi connectivity index (χ3v) is 8.19. The van der Waals surface area contributed by atoms with Crippen LogP contribution < -0.4 is 16.0 Å². The van der Waals surface area contributed by atoms with Gasteiger partial charge in [0.15, 0.2) is 5.78 Å². The molecule has 0 aliphatic heterocycles. The summed E-state index contributed by atoms with van der Waals surface area (Å²) in [7, 11) is 1.35. The average Bonchev–Trinajstić information content (AvgIpc) is 3.58. The Bertz CT molecular complexity index is 1750. The summed E-state index contributed by atoms with van der Waals surface area (Å²) in [5.74, 6) is -1.86. The number of aryl methyl sites for hydroxylation is 1. The van der Waals surface area contributed by atoms with Crippen molar-refractivity contribution in [2.24, 2.45) is 5.92 Å². The number of thiophene rings is 1. The normalized spacial score (nSPS) is 12.6. The predicted octanol–water partition coefficient (Wildman–Crippen LogP) is 2.89. The van der Waals surface area contributed by atoms with Gasteiger partial charge in [-0.15, -0.1) is 4.80 Å². The van der Waals surface area contributed by atoms with Crippen molar-refractivity contribution in [3.8, 4) is 10.8 Å². The highest BCUT2D eigenvalue weighted by molar-refractivity contribution is 7.21. The van der Waals surface area contributed by atoms with Gasteiger partial charge in [0, 0.05) is 17.5 Å². The number of benzene rings is 1. The van der Waals surface area contributed by atoms with E-state index in [1.54, 1.807) is 6.92 Å². The molecule has 0 spiro atoms. The fraction of sp³-hybridized carbons (Fsp3) is 0.429. The molecule has 0 unspecified atom stereocenters. The van der Waals surface area contributed by atoms with Crippen LogP contribution in [0.3, 0.4) is 0 Å². The van der Waals surface area contributed by atoms with Gasteiger partial charge in [-0.1, -0.05) is 25.2 Å². The number of aliphatic hydroxyl groups is 1. The molecule has 3 aromatic heterocycles. The van der Waals surface area contributed by atoms with E-state index in [1.165, 1.54) is 48.8 Å². The summed E-state index contributed by atoms with van der Waals surface area (Å²) in [6.07, 6.45) is 1.72. The Labute approximate surface area is 243 Å². The molecule has 3 heterocycles. The van der Waals surface area contributed by atoms with Crippen LogP contribution in [0, 0.1) is 18.7 Å². The van der Waals surface area contributed by atoms with Crippen molar-refractivity contribution in [2.45, 2.75) is 59.2 Å². The number of carbonyl (C=O) groups excluding carboxylic acids is 2. The SMILES string of the molecule is COc1ccc(F)cc1[C@H](Cn1c(=O)n(C(C)(C)C(=O)CC(C)C)c(=O)c2c(C)c(-n3nccn3)sc21)OC(=O)CO. The fourth-order valence-corrected chi connectivity index (χ4v) is 5.98. The Hall–Kier alpha value is -4.17. The maximum Gasteiger partial charge on any atom is 0.333 e. The number of carbonyl (C=O) groups is 2. The Morgan fingerprint density at radius 2 is 1.83 bits per heavy atom. The second-order valence-corrected chi connectivity index (χ2v) is 11.6. The van der Waals surface area contributed by atoms with Gasteiger partial charge in [-0.3, -0.25) is 14.2 Å². The first-order valence-corrected chi connectivity index (χ1v) is 14.0. The summed E-state index contributed by atoms with van der Waals surface area (Å²) in [6, 6.07) is 3.60. The molecule has 1 atom stereocenters. The zero-order chi connectivity index (χ0) is 30.9. The molecule has 0 fully saturated rings. The third-order valence-electron chi connectivity index (χ3n) is 6.91. The predicted molar refractivity (Wildman–Crippen MR) is 153 cm³/mol. The highest BCUT2D eigenvalue weighted by Gasteiger charge is 2.36. The lowest BCUT2D eigenvalue weighted by Crippen LogP contribution is -2.53. The first-order valence-electron chi connectivity index (χ1n) is 13.1. The second kappa shape index (κ2) is 12.0. The third kappa shape index (κ3) is 5.63. The van der Waals surface area contributed by atoms with E-state index in [-0.39, 0.29) is 39.7 Å². The van der Waals surface area contributed by atoms with Crippen molar-refractivity contribution in [3.63, 3.8) is 0 Å². The summed E-state index contributed by atoms with van der Waals surface area (Å²) in [4.78, 5) is 55.5. The summed E-state index contributed by atoms with van der Waals surface area (Å²) in [6.45, 7) is 7.04. The van der Waals surface area contributed by atoms with E-state index >= 15 is 0 Å². The minimum atomic E-state index is -1.54. The first-order chi connectivity index (χ1) is 19.8. The van der Waals surface area contributed by atoms with Crippen LogP contribution in [-0.4, -0.2) is 54.7 Å². The molecule has 4 rings (SSSR count). The number of rotatable bonds is 11. The number of esters is 1. The van der Waals surface area contributed by atoms with Gasteiger partial charge >= 0.3 is 11.7 Å². The molecule has 1 N–H and O–H groups in total. The molecule has 0 amide bonds. The second-order valence-electron chi connectivity index (χ2n) is 10.7. The van der Waals surface area contributed by atoms with Crippen molar-refractivity contribution in [1.82, 2.24) is 24.1 Å².